The van der Waals surface area contributed by atoms with Gasteiger partial charge < -0.3 is 4.74 Å². The average molecular weight is 465 g/mol. The smallest absolute Gasteiger partial charge is 0.338 e. The molecule has 1 aliphatic heterocycles. The van der Waals surface area contributed by atoms with E-state index in [9.17, 15) is 9.59 Å². The Morgan fingerprint density at radius 3 is 2.76 bits per heavy atom. The molecule has 0 saturated heterocycles. The van der Waals surface area contributed by atoms with Gasteiger partial charge in [0.25, 0.3) is 5.56 Å². The van der Waals surface area contributed by atoms with Gasteiger partial charge in [-0.25, -0.2) is 9.79 Å². The van der Waals surface area contributed by atoms with Crippen molar-refractivity contribution in [2.75, 3.05) is 7.11 Å². The van der Waals surface area contributed by atoms with Gasteiger partial charge in [0, 0.05) is 14.9 Å². The summed E-state index contributed by atoms with van der Waals surface area (Å²) in [5.74, 6) is -0.500. The molecule has 2 aromatic heterocycles. The number of fused-ring (bicyclic) bond motifs is 1. The minimum atomic E-state index is -0.582. The molecule has 0 bridgehead atoms. The van der Waals surface area contributed by atoms with Gasteiger partial charge in [-0.15, -0.1) is 11.3 Å². The number of aromatic nitrogens is 1. The van der Waals surface area contributed by atoms with E-state index in [1.165, 1.54) is 29.8 Å². The fraction of sp³-hybridized carbons (Fsp3) is 0.150. The molecule has 0 radical (unpaired) electrons. The number of carbonyl (C=O) groups is 1. The summed E-state index contributed by atoms with van der Waals surface area (Å²) in [6.07, 6.45) is 1.71. The van der Waals surface area contributed by atoms with E-state index in [4.69, 9.17) is 27.9 Å². The van der Waals surface area contributed by atoms with Gasteiger partial charge >= 0.3 is 5.97 Å². The summed E-state index contributed by atoms with van der Waals surface area (Å²) in [6, 6.07) is 8.29. The van der Waals surface area contributed by atoms with Gasteiger partial charge in [-0.3, -0.25) is 9.36 Å². The molecule has 1 unspecified atom stereocenters. The average Bonchev–Trinajstić information content (AvgIpc) is 3.31. The number of hydrogen-bond acceptors (Lipinski definition) is 6. The molecule has 0 fully saturated rings. The van der Waals surface area contributed by atoms with Crippen molar-refractivity contribution in [2.24, 2.45) is 4.99 Å². The standard InChI is InChI=1S/C20H14Cl2N2O3S2/c1-10-16(19(26)27-2)17(14-4-3-7-28-14)24-18(25)15(29-20(24)23-10)8-11-5-6-12(21)9-13(11)22/h3-9,17H,1-2H3. The second-order valence-corrected chi connectivity index (χ2v) is 9.09. The number of benzene rings is 1. The SMILES string of the molecule is COC(=O)C1=C(C)N=c2sc(=Cc3ccc(Cl)cc3Cl)c(=O)n2C1c1cccs1. The maximum absolute atomic E-state index is 13.3. The number of halogens is 2. The molecule has 0 amide bonds. The Morgan fingerprint density at radius 1 is 1.31 bits per heavy atom. The first-order valence-electron chi connectivity index (χ1n) is 8.50. The summed E-state index contributed by atoms with van der Waals surface area (Å²) in [5.41, 5.74) is 1.33. The van der Waals surface area contributed by atoms with Crippen LogP contribution in [0.2, 0.25) is 10.0 Å². The molecular weight excluding hydrogens is 451 g/mol. The number of carbonyl (C=O) groups excluding carboxylic acids is 1. The highest BCUT2D eigenvalue weighted by molar-refractivity contribution is 7.10. The number of allylic oxidation sites excluding steroid dienone is 1. The molecule has 0 aliphatic carbocycles. The van der Waals surface area contributed by atoms with Crippen molar-refractivity contribution in [1.29, 1.82) is 0 Å². The van der Waals surface area contributed by atoms with Gasteiger partial charge in [0.2, 0.25) is 0 Å². The van der Waals surface area contributed by atoms with Crippen LogP contribution in [0, 0.1) is 0 Å². The van der Waals surface area contributed by atoms with E-state index >= 15 is 0 Å². The van der Waals surface area contributed by atoms with E-state index in [0.717, 1.165) is 4.88 Å². The van der Waals surface area contributed by atoms with Crippen LogP contribution in [-0.4, -0.2) is 17.6 Å². The van der Waals surface area contributed by atoms with Crippen molar-refractivity contribution in [3.05, 3.63) is 87.2 Å². The Bertz CT molecular complexity index is 1320. The maximum atomic E-state index is 13.3. The zero-order chi connectivity index (χ0) is 20.7. The van der Waals surface area contributed by atoms with Crippen LogP contribution in [0.15, 0.2) is 56.8 Å². The fourth-order valence-electron chi connectivity index (χ4n) is 3.17. The van der Waals surface area contributed by atoms with Gasteiger partial charge in [-0.1, -0.05) is 46.7 Å². The molecule has 9 heteroatoms. The number of esters is 1. The normalized spacial score (nSPS) is 16.6. The summed E-state index contributed by atoms with van der Waals surface area (Å²) < 4.78 is 6.98. The lowest BCUT2D eigenvalue weighted by Crippen LogP contribution is -2.39. The third-order valence-corrected chi connectivity index (χ3v) is 6.96. The largest absolute Gasteiger partial charge is 0.466 e. The van der Waals surface area contributed by atoms with E-state index in [-0.39, 0.29) is 5.56 Å². The molecule has 3 aromatic rings. The van der Waals surface area contributed by atoms with Crippen LogP contribution in [-0.2, 0) is 9.53 Å². The summed E-state index contributed by atoms with van der Waals surface area (Å²) in [4.78, 5) is 31.7. The second-order valence-electron chi connectivity index (χ2n) is 6.25. The Morgan fingerprint density at radius 2 is 2.10 bits per heavy atom. The van der Waals surface area contributed by atoms with Crippen molar-refractivity contribution in [3.63, 3.8) is 0 Å². The number of hydrogen-bond donors (Lipinski definition) is 0. The van der Waals surface area contributed by atoms with Gasteiger partial charge in [0.05, 0.1) is 22.9 Å². The predicted molar refractivity (Wildman–Crippen MR) is 117 cm³/mol. The van der Waals surface area contributed by atoms with E-state index in [1.54, 1.807) is 35.8 Å². The lowest BCUT2D eigenvalue weighted by atomic mass is 10.0. The number of rotatable bonds is 3. The highest BCUT2D eigenvalue weighted by atomic mass is 35.5. The third kappa shape index (κ3) is 3.59. The number of thiazole rings is 1. The topological polar surface area (TPSA) is 60.7 Å². The minimum Gasteiger partial charge on any atom is -0.466 e. The maximum Gasteiger partial charge on any atom is 0.338 e. The molecule has 29 heavy (non-hydrogen) atoms. The second kappa shape index (κ2) is 7.91. The molecule has 1 aliphatic rings. The number of methoxy groups -OCH3 is 1. The first kappa shape index (κ1) is 20.1. The molecule has 0 spiro atoms. The summed E-state index contributed by atoms with van der Waals surface area (Å²) in [6.45, 7) is 1.75. The Hall–Kier alpha value is -2.19. The van der Waals surface area contributed by atoms with Crippen LogP contribution < -0.4 is 14.9 Å². The number of thiophene rings is 1. The van der Waals surface area contributed by atoms with Crippen molar-refractivity contribution in [1.82, 2.24) is 4.57 Å². The van der Waals surface area contributed by atoms with E-state index in [1.807, 2.05) is 17.5 Å². The first-order chi connectivity index (χ1) is 13.9. The zero-order valence-corrected chi connectivity index (χ0v) is 18.5. The van der Waals surface area contributed by atoms with Gasteiger partial charge in [0.1, 0.15) is 6.04 Å². The van der Waals surface area contributed by atoms with Crippen LogP contribution in [0.1, 0.15) is 23.4 Å². The van der Waals surface area contributed by atoms with Gasteiger partial charge in [-0.05, 0) is 42.1 Å². The molecule has 3 heterocycles. The van der Waals surface area contributed by atoms with Crippen LogP contribution in [0.3, 0.4) is 0 Å². The Balaban J connectivity index is 1.97. The Kier molecular flexibility index (Phi) is 5.48. The molecule has 0 N–H and O–H groups in total. The summed E-state index contributed by atoms with van der Waals surface area (Å²) >= 11 is 14.9. The molecule has 148 valence electrons. The van der Waals surface area contributed by atoms with Crippen molar-refractivity contribution < 1.29 is 9.53 Å². The predicted octanol–water partition coefficient (Wildman–Crippen LogP) is 3.78. The summed E-state index contributed by atoms with van der Waals surface area (Å²) in [5, 5.41) is 2.87. The van der Waals surface area contributed by atoms with Crippen molar-refractivity contribution >= 4 is 57.9 Å². The van der Waals surface area contributed by atoms with E-state index < -0.39 is 12.0 Å². The van der Waals surface area contributed by atoms with Crippen LogP contribution in [0.5, 0.6) is 0 Å². The van der Waals surface area contributed by atoms with Crippen LogP contribution in [0.4, 0.5) is 0 Å². The minimum absolute atomic E-state index is 0.243. The van der Waals surface area contributed by atoms with Crippen molar-refractivity contribution in [2.45, 2.75) is 13.0 Å². The third-order valence-electron chi connectivity index (χ3n) is 4.49. The molecule has 4 rings (SSSR count). The van der Waals surface area contributed by atoms with Gasteiger partial charge in [0.15, 0.2) is 4.80 Å². The number of ether oxygens (including phenoxy) is 1. The van der Waals surface area contributed by atoms with Crippen LogP contribution >= 0.6 is 45.9 Å². The Labute approximate surface area is 183 Å². The lowest BCUT2D eigenvalue weighted by molar-refractivity contribution is -0.136. The van der Waals surface area contributed by atoms with Crippen molar-refractivity contribution in [3.8, 4) is 0 Å². The van der Waals surface area contributed by atoms with Crippen LogP contribution in [0.25, 0.3) is 6.08 Å². The zero-order valence-electron chi connectivity index (χ0n) is 15.3. The molecule has 1 atom stereocenters. The molecular formula is C20H14Cl2N2O3S2. The highest BCUT2D eigenvalue weighted by Gasteiger charge is 2.33. The summed E-state index contributed by atoms with van der Waals surface area (Å²) in [7, 11) is 1.32. The lowest BCUT2D eigenvalue weighted by Gasteiger charge is -2.22. The highest BCUT2D eigenvalue weighted by Crippen LogP contribution is 2.33. The van der Waals surface area contributed by atoms with E-state index in [0.29, 0.717) is 36.2 Å². The monoisotopic (exact) mass is 464 g/mol. The molecule has 5 nitrogen and oxygen atoms in total. The first-order valence-corrected chi connectivity index (χ1v) is 10.9. The van der Waals surface area contributed by atoms with E-state index in [2.05, 4.69) is 4.99 Å². The molecule has 1 aromatic carbocycles. The molecule has 0 saturated carbocycles. The quantitative estimate of drug-likeness (QED) is 0.554. The number of nitrogens with zero attached hydrogens (tertiary/aromatic N) is 2. The fourth-order valence-corrected chi connectivity index (χ4v) is 5.49. The van der Waals surface area contributed by atoms with Gasteiger partial charge in [-0.2, -0.15) is 0 Å².